The second-order valence-corrected chi connectivity index (χ2v) is 3.31. The summed E-state index contributed by atoms with van der Waals surface area (Å²) in [4.78, 5) is 11.2. The highest BCUT2D eigenvalue weighted by molar-refractivity contribution is 5.84. The minimum absolute atomic E-state index is 0.110. The van der Waals surface area contributed by atoms with Crippen molar-refractivity contribution in [1.82, 2.24) is 4.90 Å². The van der Waals surface area contributed by atoms with E-state index in [-0.39, 0.29) is 10.7 Å². The number of carbonyl (C=O) groups excluding carboxylic acids is 1. The third-order valence-corrected chi connectivity index (χ3v) is 1.94. The monoisotopic (exact) mass is 257 g/mol. The molecule has 96 valence electrons. The summed E-state index contributed by atoms with van der Waals surface area (Å²) in [5.41, 5.74) is 0. The first-order valence-corrected chi connectivity index (χ1v) is 4.38. The number of halogens is 5. The van der Waals surface area contributed by atoms with E-state index in [0.717, 1.165) is 7.05 Å². The fraction of sp³-hybridized carbons (Fsp3) is 0.444. The zero-order chi connectivity index (χ0) is 13.3. The number of furan rings is 1. The Labute approximate surface area is 92.8 Å². The Morgan fingerprint density at radius 1 is 1.35 bits per heavy atom. The van der Waals surface area contributed by atoms with E-state index in [2.05, 4.69) is 0 Å². The summed E-state index contributed by atoms with van der Waals surface area (Å²) < 4.78 is 65.8. The summed E-state index contributed by atoms with van der Waals surface area (Å²) in [6, 6.07) is 2.78. The van der Waals surface area contributed by atoms with Crippen LogP contribution in [0.2, 0.25) is 0 Å². The minimum atomic E-state index is -5.90. The van der Waals surface area contributed by atoms with Gasteiger partial charge in [0.05, 0.1) is 12.8 Å². The maximum atomic E-state index is 12.7. The van der Waals surface area contributed by atoms with Crippen molar-refractivity contribution in [3.8, 4) is 0 Å². The first-order valence-electron chi connectivity index (χ1n) is 4.38. The Hall–Kier alpha value is -1.60. The topological polar surface area (TPSA) is 33.5 Å². The third kappa shape index (κ3) is 2.75. The van der Waals surface area contributed by atoms with Gasteiger partial charge < -0.3 is 9.32 Å². The fourth-order valence-electron chi connectivity index (χ4n) is 1.07. The lowest BCUT2D eigenvalue weighted by molar-refractivity contribution is -0.274. The van der Waals surface area contributed by atoms with Gasteiger partial charge in [-0.2, -0.15) is 22.0 Å². The SMILES string of the molecule is CN(Cc1ccco1)C(=O)C(F)(F)C(F)(F)F. The van der Waals surface area contributed by atoms with E-state index in [4.69, 9.17) is 4.42 Å². The van der Waals surface area contributed by atoms with E-state index in [1.54, 1.807) is 0 Å². The summed E-state index contributed by atoms with van der Waals surface area (Å²) in [7, 11) is 0.838. The molecule has 1 heterocycles. The van der Waals surface area contributed by atoms with Crippen LogP contribution in [0.15, 0.2) is 22.8 Å². The number of rotatable bonds is 3. The van der Waals surface area contributed by atoms with Gasteiger partial charge in [-0.1, -0.05) is 0 Å². The van der Waals surface area contributed by atoms with Gasteiger partial charge in [-0.25, -0.2) is 0 Å². The molecular formula is C9H8F5NO2. The van der Waals surface area contributed by atoms with Crippen LogP contribution in [-0.2, 0) is 11.3 Å². The number of nitrogens with zero attached hydrogens (tertiary/aromatic N) is 1. The molecule has 0 saturated heterocycles. The lowest BCUT2D eigenvalue weighted by Crippen LogP contribution is -2.50. The number of alkyl halides is 5. The van der Waals surface area contributed by atoms with Gasteiger partial charge >= 0.3 is 18.0 Å². The van der Waals surface area contributed by atoms with Crippen molar-refractivity contribution in [1.29, 1.82) is 0 Å². The molecule has 17 heavy (non-hydrogen) atoms. The van der Waals surface area contributed by atoms with E-state index in [1.807, 2.05) is 0 Å². The lowest BCUT2D eigenvalue weighted by Gasteiger charge is -2.24. The second-order valence-electron chi connectivity index (χ2n) is 3.31. The molecule has 0 radical (unpaired) electrons. The van der Waals surface area contributed by atoms with Gasteiger partial charge in [-0.3, -0.25) is 4.79 Å². The van der Waals surface area contributed by atoms with Crippen LogP contribution in [0.3, 0.4) is 0 Å². The van der Waals surface area contributed by atoms with Crippen molar-refractivity contribution in [3.05, 3.63) is 24.2 Å². The summed E-state index contributed by atoms with van der Waals surface area (Å²) >= 11 is 0. The van der Waals surface area contributed by atoms with E-state index >= 15 is 0 Å². The van der Waals surface area contributed by atoms with E-state index < -0.39 is 24.6 Å². The molecule has 1 aromatic rings. The molecule has 0 aliphatic heterocycles. The van der Waals surface area contributed by atoms with Crippen LogP contribution in [0.1, 0.15) is 5.76 Å². The highest BCUT2D eigenvalue weighted by Crippen LogP contribution is 2.36. The maximum Gasteiger partial charge on any atom is 0.463 e. The Bertz CT molecular complexity index is 385. The average Bonchev–Trinajstić information content (AvgIpc) is 2.67. The molecule has 0 aromatic carbocycles. The summed E-state index contributed by atoms with van der Waals surface area (Å²) in [5.74, 6) is -7.60. The van der Waals surface area contributed by atoms with Gasteiger partial charge in [0, 0.05) is 7.05 Å². The molecular weight excluding hydrogens is 249 g/mol. The van der Waals surface area contributed by atoms with Crippen LogP contribution >= 0.6 is 0 Å². The van der Waals surface area contributed by atoms with Gasteiger partial charge in [0.15, 0.2) is 0 Å². The van der Waals surface area contributed by atoms with Crippen molar-refractivity contribution in [2.24, 2.45) is 0 Å². The third-order valence-electron chi connectivity index (χ3n) is 1.94. The minimum Gasteiger partial charge on any atom is -0.467 e. The number of carbonyl (C=O) groups is 1. The van der Waals surface area contributed by atoms with Crippen LogP contribution < -0.4 is 0 Å². The average molecular weight is 257 g/mol. The maximum absolute atomic E-state index is 12.7. The van der Waals surface area contributed by atoms with E-state index in [0.29, 0.717) is 0 Å². The molecule has 1 aromatic heterocycles. The molecule has 0 unspecified atom stereocenters. The van der Waals surface area contributed by atoms with Crippen LogP contribution in [0.4, 0.5) is 22.0 Å². The predicted molar refractivity (Wildman–Crippen MR) is 46.2 cm³/mol. The molecule has 1 amide bonds. The van der Waals surface area contributed by atoms with Crippen molar-refractivity contribution in [2.45, 2.75) is 18.6 Å². The van der Waals surface area contributed by atoms with Crippen molar-refractivity contribution in [2.75, 3.05) is 7.05 Å². The lowest BCUT2D eigenvalue weighted by atomic mass is 10.2. The Morgan fingerprint density at radius 3 is 2.35 bits per heavy atom. The van der Waals surface area contributed by atoms with Crippen molar-refractivity contribution >= 4 is 5.91 Å². The first kappa shape index (κ1) is 13.5. The van der Waals surface area contributed by atoms with Crippen LogP contribution in [0.5, 0.6) is 0 Å². The van der Waals surface area contributed by atoms with Gasteiger partial charge in [-0.05, 0) is 12.1 Å². The standard InChI is InChI=1S/C9H8F5NO2/c1-15(5-6-3-2-4-17-6)7(16)8(10,11)9(12,13)14/h2-4H,5H2,1H3. The Balaban J connectivity index is 2.76. The molecule has 1 rings (SSSR count). The van der Waals surface area contributed by atoms with E-state index in [9.17, 15) is 26.7 Å². The highest BCUT2D eigenvalue weighted by Gasteiger charge is 2.64. The molecule has 0 aliphatic rings. The number of hydrogen-bond donors (Lipinski definition) is 0. The smallest absolute Gasteiger partial charge is 0.463 e. The van der Waals surface area contributed by atoms with Crippen molar-refractivity contribution in [3.63, 3.8) is 0 Å². The quantitative estimate of drug-likeness (QED) is 0.779. The largest absolute Gasteiger partial charge is 0.467 e. The summed E-state index contributed by atoms with van der Waals surface area (Å²) in [6.07, 6.45) is -4.68. The van der Waals surface area contributed by atoms with Crippen molar-refractivity contribution < 1.29 is 31.2 Å². The van der Waals surface area contributed by atoms with Gasteiger partial charge in [-0.15, -0.1) is 0 Å². The van der Waals surface area contributed by atoms with Crippen LogP contribution in [-0.4, -0.2) is 30.0 Å². The normalized spacial score (nSPS) is 12.6. The molecule has 0 bridgehead atoms. The Morgan fingerprint density at radius 2 is 1.94 bits per heavy atom. The summed E-state index contributed by atoms with van der Waals surface area (Å²) in [6.45, 7) is -0.461. The zero-order valence-electron chi connectivity index (χ0n) is 8.59. The molecule has 0 fully saturated rings. The van der Waals surface area contributed by atoms with Gasteiger partial charge in [0.25, 0.3) is 0 Å². The summed E-state index contributed by atoms with van der Waals surface area (Å²) in [5, 5.41) is 0. The Kier molecular flexibility index (Phi) is 3.44. The molecule has 0 atom stereocenters. The second kappa shape index (κ2) is 4.34. The highest BCUT2D eigenvalue weighted by atomic mass is 19.4. The molecule has 8 heteroatoms. The van der Waals surface area contributed by atoms with Crippen LogP contribution in [0.25, 0.3) is 0 Å². The van der Waals surface area contributed by atoms with E-state index in [1.165, 1.54) is 18.4 Å². The predicted octanol–water partition coefficient (Wildman–Crippen LogP) is 2.44. The molecule has 0 saturated carbocycles. The van der Waals surface area contributed by atoms with Crippen LogP contribution in [0, 0.1) is 0 Å². The van der Waals surface area contributed by atoms with Gasteiger partial charge in [0.1, 0.15) is 5.76 Å². The zero-order valence-corrected chi connectivity index (χ0v) is 8.59. The first-order chi connectivity index (χ1) is 7.66. The number of amides is 1. The fourth-order valence-corrected chi connectivity index (χ4v) is 1.07. The molecule has 0 spiro atoms. The molecule has 0 aliphatic carbocycles. The molecule has 0 N–H and O–H groups in total. The van der Waals surface area contributed by atoms with Gasteiger partial charge in [0.2, 0.25) is 0 Å². The molecule has 3 nitrogen and oxygen atoms in total. The number of hydrogen-bond acceptors (Lipinski definition) is 2.